The van der Waals surface area contributed by atoms with Crippen molar-refractivity contribution in [3.05, 3.63) is 53.1 Å². The number of nitrogens with one attached hydrogen (secondary N) is 2. The highest BCUT2D eigenvalue weighted by molar-refractivity contribution is 8.00. The topological polar surface area (TPSA) is 41.1 Å². The maximum atomic E-state index is 11.5. The van der Waals surface area contributed by atoms with Crippen molar-refractivity contribution >= 4 is 40.6 Å². The summed E-state index contributed by atoms with van der Waals surface area (Å²) in [6.45, 7) is 2.97. The number of rotatable bonds is 4. The first-order valence-electron chi connectivity index (χ1n) is 7.18. The van der Waals surface area contributed by atoms with Gasteiger partial charge in [-0.05, 0) is 41.8 Å². The van der Waals surface area contributed by atoms with Gasteiger partial charge in [0.25, 0.3) is 0 Å². The molecule has 3 nitrogen and oxygen atoms in total. The smallest absolute Gasteiger partial charge is 0.234 e. The molecule has 0 spiro atoms. The van der Waals surface area contributed by atoms with Crippen LogP contribution in [0.15, 0.2) is 47.4 Å². The van der Waals surface area contributed by atoms with Crippen molar-refractivity contribution in [3.63, 3.8) is 0 Å². The number of anilines is 2. The highest BCUT2D eigenvalue weighted by Crippen LogP contribution is 2.33. The van der Waals surface area contributed by atoms with Gasteiger partial charge >= 0.3 is 0 Å². The number of halogens is 1. The third-order valence-corrected chi connectivity index (χ3v) is 4.95. The minimum atomic E-state index is 0.0574. The fourth-order valence-electron chi connectivity index (χ4n) is 2.39. The molecule has 2 aromatic carbocycles. The number of carbonyl (C=O) groups excluding carboxylic acids is 1. The molecule has 1 aliphatic rings. The van der Waals surface area contributed by atoms with Crippen LogP contribution >= 0.6 is 23.4 Å². The average molecular weight is 333 g/mol. The van der Waals surface area contributed by atoms with Crippen LogP contribution in [0.1, 0.15) is 18.4 Å². The number of benzene rings is 2. The second-order valence-electron chi connectivity index (χ2n) is 5.38. The normalized spacial score (nSPS) is 14.9. The zero-order valence-electron chi connectivity index (χ0n) is 12.2. The van der Waals surface area contributed by atoms with E-state index in [1.165, 1.54) is 5.56 Å². The Morgan fingerprint density at radius 1 is 1.32 bits per heavy atom. The Kier molecular flexibility index (Phi) is 4.60. The highest BCUT2D eigenvalue weighted by Gasteiger charge is 2.15. The highest BCUT2D eigenvalue weighted by atomic mass is 35.5. The lowest BCUT2D eigenvalue weighted by molar-refractivity contribution is -0.113. The second kappa shape index (κ2) is 6.63. The molecule has 0 saturated carbocycles. The van der Waals surface area contributed by atoms with Crippen LogP contribution in [0.25, 0.3) is 0 Å². The third kappa shape index (κ3) is 3.57. The van der Waals surface area contributed by atoms with Crippen LogP contribution in [0.2, 0.25) is 5.02 Å². The van der Waals surface area contributed by atoms with Crippen LogP contribution in [0.3, 0.4) is 0 Å². The number of thioether (sulfide) groups is 1. The Morgan fingerprint density at radius 3 is 3.00 bits per heavy atom. The lowest BCUT2D eigenvalue weighted by Gasteiger charge is -2.19. The first-order chi connectivity index (χ1) is 10.6. The Labute approximate surface area is 139 Å². The summed E-state index contributed by atoms with van der Waals surface area (Å²) in [5.41, 5.74) is 3.11. The molecule has 2 aromatic rings. The van der Waals surface area contributed by atoms with Gasteiger partial charge in [-0.15, -0.1) is 11.8 Å². The molecule has 1 aliphatic heterocycles. The summed E-state index contributed by atoms with van der Waals surface area (Å²) in [4.78, 5) is 12.6. The van der Waals surface area contributed by atoms with Gasteiger partial charge in [-0.3, -0.25) is 4.79 Å². The minimum Gasteiger partial charge on any atom is -0.384 e. The van der Waals surface area contributed by atoms with Crippen molar-refractivity contribution in [2.75, 3.05) is 22.9 Å². The molecule has 22 heavy (non-hydrogen) atoms. The monoisotopic (exact) mass is 332 g/mol. The molecule has 1 amide bonds. The lowest BCUT2D eigenvalue weighted by atomic mass is 10.0. The number of hydrogen-bond donors (Lipinski definition) is 2. The van der Waals surface area contributed by atoms with E-state index in [0.717, 1.165) is 27.8 Å². The van der Waals surface area contributed by atoms with Gasteiger partial charge in [0.15, 0.2) is 0 Å². The Hall–Kier alpha value is -1.65. The van der Waals surface area contributed by atoms with E-state index in [1.54, 1.807) is 11.8 Å². The number of fused-ring (bicyclic) bond motifs is 1. The molecule has 114 valence electrons. The molecule has 1 unspecified atom stereocenters. The van der Waals surface area contributed by atoms with E-state index in [0.29, 0.717) is 11.7 Å². The fraction of sp³-hybridized carbons (Fsp3) is 0.235. The van der Waals surface area contributed by atoms with E-state index in [1.807, 2.05) is 36.4 Å². The van der Waals surface area contributed by atoms with Gasteiger partial charge in [0, 0.05) is 22.2 Å². The summed E-state index contributed by atoms with van der Waals surface area (Å²) >= 11 is 7.61. The molecule has 0 fully saturated rings. The first-order valence-corrected chi connectivity index (χ1v) is 8.54. The van der Waals surface area contributed by atoms with Gasteiger partial charge in [0.1, 0.15) is 0 Å². The second-order valence-corrected chi connectivity index (χ2v) is 6.84. The third-order valence-electron chi connectivity index (χ3n) is 3.64. The van der Waals surface area contributed by atoms with E-state index in [4.69, 9.17) is 11.6 Å². The van der Waals surface area contributed by atoms with Crippen molar-refractivity contribution in [1.82, 2.24) is 0 Å². The van der Waals surface area contributed by atoms with E-state index < -0.39 is 0 Å². The standard InChI is InChI=1S/C17H17ClN2OS/c1-11(12-3-2-4-13(18)7-12)9-19-14-5-6-16-15(8-14)20-17(21)10-22-16/h2-8,11,19H,9-10H2,1H3,(H,20,21). The molecule has 0 bridgehead atoms. The lowest BCUT2D eigenvalue weighted by Crippen LogP contribution is -2.19. The zero-order valence-corrected chi connectivity index (χ0v) is 13.8. The predicted molar refractivity (Wildman–Crippen MR) is 94.2 cm³/mol. The van der Waals surface area contributed by atoms with Crippen molar-refractivity contribution in [3.8, 4) is 0 Å². The molecule has 5 heteroatoms. The molecule has 0 radical (unpaired) electrons. The molecule has 1 atom stereocenters. The Balaban J connectivity index is 1.66. The van der Waals surface area contributed by atoms with E-state index >= 15 is 0 Å². The maximum Gasteiger partial charge on any atom is 0.234 e. The molecule has 2 N–H and O–H groups in total. The molecular weight excluding hydrogens is 316 g/mol. The van der Waals surface area contributed by atoms with Gasteiger partial charge < -0.3 is 10.6 Å². The van der Waals surface area contributed by atoms with Gasteiger partial charge in [-0.1, -0.05) is 30.7 Å². The first kappa shape index (κ1) is 15.3. The van der Waals surface area contributed by atoms with Gasteiger partial charge in [0.05, 0.1) is 11.4 Å². The van der Waals surface area contributed by atoms with Crippen LogP contribution < -0.4 is 10.6 Å². The summed E-state index contributed by atoms with van der Waals surface area (Å²) in [7, 11) is 0. The quantitative estimate of drug-likeness (QED) is 0.859. The van der Waals surface area contributed by atoms with Crippen LogP contribution in [-0.4, -0.2) is 18.2 Å². The molecule has 0 aliphatic carbocycles. The van der Waals surface area contributed by atoms with Crippen molar-refractivity contribution in [2.24, 2.45) is 0 Å². The summed E-state index contributed by atoms with van der Waals surface area (Å²) < 4.78 is 0. The van der Waals surface area contributed by atoms with Crippen LogP contribution in [-0.2, 0) is 4.79 Å². The van der Waals surface area contributed by atoms with Gasteiger partial charge in [0.2, 0.25) is 5.91 Å². The predicted octanol–water partition coefficient (Wildman–Crippen LogP) is 4.60. The van der Waals surface area contributed by atoms with E-state index in [2.05, 4.69) is 23.6 Å². The number of carbonyl (C=O) groups is 1. The van der Waals surface area contributed by atoms with Crippen LogP contribution in [0.4, 0.5) is 11.4 Å². The van der Waals surface area contributed by atoms with E-state index in [9.17, 15) is 4.79 Å². The fourth-order valence-corrected chi connectivity index (χ4v) is 3.38. The summed E-state index contributed by atoms with van der Waals surface area (Å²) in [5, 5.41) is 7.10. The number of hydrogen-bond acceptors (Lipinski definition) is 3. The van der Waals surface area contributed by atoms with Crippen molar-refractivity contribution in [1.29, 1.82) is 0 Å². The van der Waals surface area contributed by atoms with Crippen LogP contribution in [0, 0.1) is 0 Å². The largest absolute Gasteiger partial charge is 0.384 e. The molecule has 3 rings (SSSR count). The SMILES string of the molecule is CC(CNc1ccc2c(c1)NC(=O)CS2)c1cccc(Cl)c1. The summed E-state index contributed by atoms with van der Waals surface area (Å²) in [6.07, 6.45) is 0. The van der Waals surface area contributed by atoms with Gasteiger partial charge in [-0.2, -0.15) is 0 Å². The Bertz CT molecular complexity index is 705. The van der Waals surface area contributed by atoms with Crippen molar-refractivity contribution in [2.45, 2.75) is 17.7 Å². The Morgan fingerprint density at radius 2 is 2.18 bits per heavy atom. The summed E-state index contributed by atoms with van der Waals surface area (Å²) in [6, 6.07) is 14.0. The van der Waals surface area contributed by atoms with Gasteiger partial charge in [-0.25, -0.2) is 0 Å². The minimum absolute atomic E-state index is 0.0574. The van der Waals surface area contributed by atoms with Crippen molar-refractivity contribution < 1.29 is 4.79 Å². The molecule has 0 saturated heterocycles. The summed E-state index contributed by atoms with van der Waals surface area (Å²) in [5.74, 6) is 0.895. The van der Waals surface area contributed by atoms with E-state index in [-0.39, 0.29) is 5.91 Å². The zero-order chi connectivity index (χ0) is 15.5. The molecule has 0 aromatic heterocycles. The maximum absolute atomic E-state index is 11.5. The average Bonchev–Trinajstić information content (AvgIpc) is 2.52. The molecular formula is C17H17ClN2OS. The van der Waals surface area contributed by atoms with Crippen LogP contribution in [0.5, 0.6) is 0 Å². The molecule has 1 heterocycles. The number of amides is 1.